The topological polar surface area (TPSA) is 55.1 Å². The van der Waals surface area contributed by atoms with E-state index in [0.717, 1.165) is 17.5 Å². The van der Waals surface area contributed by atoms with E-state index in [2.05, 4.69) is 12.2 Å². The van der Waals surface area contributed by atoms with Crippen LogP contribution in [0.15, 0.2) is 60.7 Å². The number of carbonyl (C=O) groups excluding carboxylic acids is 1. The van der Waals surface area contributed by atoms with Gasteiger partial charge in [0.15, 0.2) is 0 Å². The number of hydrogen-bond acceptors (Lipinski definition) is 2. The van der Waals surface area contributed by atoms with E-state index in [1.165, 1.54) is 0 Å². The molecule has 0 fully saturated rings. The first kappa shape index (κ1) is 14.9. The third-order valence-electron chi connectivity index (χ3n) is 3.26. The van der Waals surface area contributed by atoms with E-state index in [4.69, 9.17) is 5.73 Å². The Morgan fingerprint density at radius 1 is 1.19 bits per heavy atom. The minimum atomic E-state index is -0.104. The number of nitrogens with one attached hydrogen (secondary N) is 1. The highest BCUT2D eigenvalue weighted by molar-refractivity contribution is 5.92. The second-order valence-corrected chi connectivity index (χ2v) is 4.88. The molecule has 0 aliphatic heterocycles. The van der Waals surface area contributed by atoms with Gasteiger partial charge in [-0.3, -0.25) is 4.79 Å². The van der Waals surface area contributed by atoms with Gasteiger partial charge in [0.25, 0.3) is 0 Å². The van der Waals surface area contributed by atoms with Crippen molar-refractivity contribution in [3.05, 3.63) is 71.8 Å². The van der Waals surface area contributed by atoms with Crippen LogP contribution < -0.4 is 11.1 Å². The number of rotatable bonds is 5. The van der Waals surface area contributed by atoms with Crippen molar-refractivity contribution in [3.8, 4) is 0 Å². The van der Waals surface area contributed by atoms with E-state index in [0.29, 0.717) is 5.69 Å². The van der Waals surface area contributed by atoms with E-state index < -0.39 is 0 Å². The highest BCUT2D eigenvalue weighted by atomic mass is 16.1. The van der Waals surface area contributed by atoms with Crippen molar-refractivity contribution in [1.82, 2.24) is 5.32 Å². The Bertz CT molecular complexity index is 620. The summed E-state index contributed by atoms with van der Waals surface area (Å²) in [6.07, 6.45) is 4.16. The number of nitrogen functional groups attached to an aromatic ring is 1. The Kier molecular flexibility index (Phi) is 5.16. The molecular formula is C18H20N2O. The van der Waals surface area contributed by atoms with Crippen LogP contribution in [0, 0.1) is 0 Å². The first-order valence-corrected chi connectivity index (χ1v) is 7.08. The number of hydrogen-bond donors (Lipinski definition) is 2. The van der Waals surface area contributed by atoms with Crippen LogP contribution in [0.4, 0.5) is 5.69 Å². The lowest BCUT2D eigenvalue weighted by atomic mass is 10.0. The Balaban J connectivity index is 2.00. The summed E-state index contributed by atoms with van der Waals surface area (Å²) in [5, 5.41) is 3.01. The van der Waals surface area contributed by atoms with Gasteiger partial charge in [0.2, 0.25) is 5.91 Å². The summed E-state index contributed by atoms with van der Waals surface area (Å²) >= 11 is 0. The first-order valence-electron chi connectivity index (χ1n) is 7.08. The van der Waals surface area contributed by atoms with Crippen LogP contribution >= 0.6 is 0 Å². The van der Waals surface area contributed by atoms with Crippen LogP contribution in [0.1, 0.15) is 30.5 Å². The van der Waals surface area contributed by atoms with Gasteiger partial charge in [-0.15, -0.1) is 0 Å². The molecule has 0 aromatic heterocycles. The van der Waals surface area contributed by atoms with E-state index in [1.54, 1.807) is 12.2 Å². The van der Waals surface area contributed by atoms with Gasteiger partial charge in [0.1, 0.15) is 0 Å². The van der Waals surface area contributed by atoms with Crippen molar-refractivity contribution < 1.29 is 4.79 Å². The van der Waals surface area contributed by atoms with Crippen molar-refractivity contribution >= 4 is 17.7 Å². The molecular weight excluding hydrogens is 260 g/mol. The largest absolute Gasteiger partial charge is 0.399 e. The van der Waals surface area contributed by atoms with Crippen molar-refractivity contribution in [2.75, 3.05) is 5.73 Å². The molecule has 0 radical (unpaired) electrons. The summed E-state index contributed by atoms with van der Waals surface area (Å²) in [7, 11) is 0. The molecule has 0 saturated carbocycles. The Morgan fingerprint density at radius 3 is 2.62 bits per heavy atom. The highest BCUT2D eigenvalue weighted by Crippen LogP contribution is 2.16. The summed E-state index contributed by atoms with van der Waals surface area (Å²) in [6.45, 7) is 2.06. The Hall–Kier alpha value is -2.55. The number of carbonyl (C=O) groups is 1. The van der Waals surface area contributed by atoms with E-state index in [-0.39, 0.29) is 11.9 Å². The average Bonchev–Trinajstić information content (AvgIpc) is 2.51. The predicted octanol–water partition coefficient (Wildman–Crippen LogP) is 3.55. The van der Waals surface area contributed by atoms with Crippen molar-refractivity contribution in [1.29, 1.82) is 0 Å². The second kappa shape index (κ2) is 7.29. The van der Waals surface area contributed by atoms with Crippen LogP contribution in [-0.4, -0.2) is 5.91 Å². The molecule has 0 spiro atoms. The zero-order valence-electron chi connectivity index (χ0n) is 12.1. The van der Waals surface area contributed by atoms with Crippen LogP contribution in [0.2, 0.25) is 0 Å². The van der Waals surface area contributed by atoms with Gasteiger partial charge in [0, 0.05) is 11.8 Å². The van der Waals surface area contributed by atoms with Crippen LogP contribution in [0.25, 0.3) is 6.08 Å². The second-order valence-electron chi connectivity index (χ2n) is 4.88. The zero-order chi connectivity index (χ0) is 15.1. The van der Waals surface area contributed by atoms with Crippen LogP contribution in [0.3, 0.4) is 0 Å². The smallest absolute Gasteiger partial charge is 0.244 e. The van der Waals surface area contributed by atoms with Gasteiger partial charge >= 0.3 is 0 Å². The maximum atomic E-state index is 12.0. The maximum absolute atomic E-state index is 12.0. The summed E-state index contributed by atoms with van der Waals surface area (Å²) in [6, 6.07) is 17.4. The van der Waals surface area contributed by atoms with E-state index in [1.807, 2.05) is 54.6 Å². The molecule has 3 nitrogen and oxygen atoms in total. The molecule has 0 bridgehead atoms. The highest BCUT2D eigenvalue weighted by Gasteiger charge is 2.10. The van der Waals surface area contributed by atoms with Crippen LogP contribution in [-0.2, 0) is 4.79 Å². The van der Waals surface area contributed by atoms with Crippen molar-refractivity contribution in [2.45, 2.75) is 19.4 Å². The SMILES string of the molecule is CCC(NC(=O)/C=C/c1cccc(N)c1)c1ccccc1. The summed E-state index contributed by atoms with van der Waals surface area (Å²) in [5.41, 5.74) is 8.43. The van der Waals surface area contributed by atoms with Crippen LogP contribution in [0.5, 0.6) is 0 Å². The fourth-order valence-electron chi connectivity index (χ4n) is 2.16. The van der Waals surface area contributed by atoms with Crippen molar-refractivity contribution in [3.63, 3.8) is 0 Å². The summed E-state index contributed by atoms with van der Waals surface area (Å²) < 4.78 is 0. The number of anilines is 1. The average molecular weight is 280 g/mol. The zero-order valence-corrected chi connectivity index (χ0v) is 12.1. The Morgan fingerprint density at radius 2 is 1.95 bits per heavy atom. The minimum Gasteiger partial charge on any atom is -0.399 e. The third-order valence-corrected chi connectivity index (χ3v) is 3.26. The first-order chi connectivity index (χ1) is 10.2. The third kappa shape index (κ3) is 4.49. The standard InChI is InChI=1S/C18H20N2O/c1-2-17(15-8-4-3-5-9-15)20-18(21)12-11-14-7-6-10-16(19)13-14/h3-13,17H,2,19H2,1H3,(H,20,21)/b12-11+. The molecule has 1 amide bonds. The van der Waals surface area contributed by atoms with Gasteiger partial charge in [0.05, 0.1) is 6.04 Å². The van der Waals surface area contributed by atoms with Gasteiger partial charge in [-0.2, -0.15) is 0 Å². The van der Waals surface area contributed by atoms with Gasteiger partial charge in [-0.1, -0.05) is 49.4 Å². The molecule has 0 aliphatic carbocycles. The normalized spacial score (nSPS) is 12.2. The molecule has 2 rings (SSSR count). The monoisotopic (exact) mass is 280 g/mol. The molecule has 1 atom stereocenters. The molecule has 3 N–H and O–H groups in total. The van der Waals surface area contributed by atoms with Gasteiger partial charge in [-0.05, 0) is 35.8 Å². The molecule has 0 aliphatic rings. The quantitative estimate of drug-likeness (QED) is 0.650. The van der Waals surface area contributed by atoms with E-state index >= 15 is 0 Å². The number of amides is 1. The fraction of sp³-hybridized carbons (Fsp3) is 0.167. The molecule has 1 unspecified atom stereocenters. The molecule has 3 heteroatoms. The lowest BCUT2D eigenvalue weighted by Gasteiger charge is -2.16. The number of benzene rings is 2. The van der Waals surface area contributed by atoms with E-state index in [9.17, 15) is 4.79 Å². The maximum Gasteiger partial charge on any atom is 0.244 e. The molecule has 0 saturated heterocycles. The molecule has 108 valence electrons. The van der Waals surface area contributed by atoms with Crippen molar-refractivity contribution in [2.24, 2.45) is 0 Å². The fourth-order valence-corrected chi connectivity index (χ4v) is 2.16. The lowest BCUT2D eigenvalue weighted by molar-refractivity contribution is -0.117. The molecule has 21 heavy (non-hydrogen) atoms. The molecule has 0 heterocycles. The molecule has 2 aromatic carbocycles. The summed E-state index contributed by atoms with van der Waals surface area (Å²) in [4.78, 5) is 12.0. The summed E-state index contributed by atoms with van der Waals surface area (Å²) in [5.74, 6) is -0.104. The Labute approximate surface area is 125 Å². The number of nitrogens with two attached hydrogens (primary N) is 1. The lowest BCUT2D eigenvalue weighted by Crippen LogP contribution is -2.26. The van der Waals surface area contributed by atoms with Gasteiger partial charge in [-0.25, -0.2) is 0 Å². The molecule has 2 aromatic rings. The van der Waals surface area contributed by atoms with Gasteiger partial charge < -0.3 is 11.1 Å². The minimum absolute atomic E-state index is 0.0317. The predicted molar refractivity (Wildman–Crippen MR) is 87.5 cm³/mol.